The Morgan fingerprint density at radius 1 is 0.868 bits per heavy atom. The Labute approximate surface area is 232 Å². The minimum Gasteiger partial charge on any atom is -0.453 e. The number of ether oxygens (including phenoxy) is 2. The molecule has 194 valence electrons. The van der Waals surface area contributed by atoms with E-state index in [-0.39, 0.29) is 0 Å². The Balaban J connectivity index is 1.41. The van der Waals surface area contributed by atoms with Gasteiger partial charge in [-0.15, -0.1) is 0 Å². The van der Waals surface area contributed by atoms with Crippen molar-refractivity contribution in [2.24, 2.45) is 0 Å². The highest BCUT2D eigenvalue weighted by atomic mass is 79.9. The Morgan fingerprint density at radius 3 is 2.29 bits per heavy atom. The largest absolute Gasteiger partial charge is 0.453 e. The molecule has 4 aromatic carbocycles. The first kappa shape index (κ1) is 24.9. The number of hydrogen-bond donors (Lipinski definition) is 1. The van der Waals surface area contributed by atoms with Crippen molar-refractivity contribution in [1.82, 2.24) is 0 Å². The Bertz CT molecular complexity index is 1530. The van der Waals surface area contributed by atoms with Crippen LogP contribution in [0.2, 0.25) is 0 Å². The molecule has 0 fully saturated rings. The fourth-order valence-electron chi connectivity index (χ4n) is 5.09. The maximum Gasteiger partial charge on any atom is 0.304 e. The first-order valence-corrected chi connectivity index (χ1v) is 14.2. The lowest BCUT2D eigenvalue weighted by Crippen LogP contribution is -2.39. The first-order valence-electron chi connectivity index (χ1n) is 12.3. The van der Waals surface area contributed by atoms with Crippen molar-refractivity contribution in [2.45, 2.75) is 26.0 Å². The Morgan fingerprint density at radius 2 is 1.53 bits per heavy atom. The fraction of sp³-hybridized carbons (Fsp3) is 0.172. The minimum atomic E-state index is -2.49. The number of benzene rings is 4. The van der Waals surface area contributed by atoms with Crippen LogP contribution in [0.5, 0.6) is 23.0 Å². The molecule has 2 aliphatic heterocycles. The van der Waals surface area contributed by atoms with Crippen LogP contribution < -0.4 is 19.3 Å². The molecule has 7 nitrogen and oxygen atoms in total. The van der Waals surface area contributed by atoms with E-state index in [4.69, 9.17) is 13.7 Å². The van der Waals surface area contributed by atoms with Crippen LogP contribution in [0.25, 0.3) is 0 Å². The molecule has 2 atom stereocenters. The summed E-state index contributed by atoms with van der Waals surface area (Å²) in [4.78, 5) is 4.16. The van der Waals surface area contributed by atoms with Crippen LogP contribution in [0.3, 0.4) is 0 Å². The van der Waals surface area contributed by atoms with E-state index in [9.17, 15) is 8.76 Å². The van der Waals surface area contributed by atoms with Crippen molar-refractivity contribution in [2.75, 3.05) is 16.3 Å². The highest BCUT2D eigenvalue weighted by molar-refractivity contribution is 9.10. The number of halogens is 1. The minimum absolute atomic E-state index is 0.405. The van der Waals surface area contributed by atoms with Gasteiger partial charge in [0.1, 0.15) is 0 Å². The van der Waals surface area contributed by atoms with Gasteiger partial charge in [-0.05, 0) is 60.5 Å². The molecule has 2 heterocycles. The number of anilines is 4. The second-order valence-corrected chi connectivity index (χ2v) is 10.5. The van der Waals surface area contributed by atoms with E-state index in [1.165, 1.54) is 0 Å². The van der Waals surface area contributed by atoms with Crippen LogP contribution in [-0.4, -0.2) is 21.5 Å². The first-order chi connectivity index (χ1) is 18.5. The average Bonchev–Trinajstić information content (AvgIpc) is 2.92. The van der Waals surface area contributed by atoms with Crippen LogP contribution in [0, 0.1) is 0 Å². The quantitative estimate of drug-likeness (QED) is 0.217. The van der Waals surface area contributed by atoms with Gasteiger partial charge in [-0.25, -0.2) is 4.18 Å². The van der Waals surface area contributed by atoms with Gasteiger partial charge in [0, 0.05) is 17.4 Å². The van der Waals surface area contributed by atoms with E-state index in [0.717, 1.165) is 50.7 Å². The smallest absolute Gasteiger partial charge is 0.304 e. The maximum atomic E-state index is 12.1. The van der Waals surface area contributed by atoms with Gasteiger partial charge in [0.15, 0.2) is 29.2 Å². The zero-order valence-corrected chi connectivity index (χ0v) is 22.9. The van der Waals surface area contributed by atoms with Crippen molar-refractivity contribution in [3.05, 3.63) is 95.0 Å². The van der Waals surface area contributed by atoms with Gasteiger partial charge >= 0.3 is 11.4 Å². The molecule has 2 aliphatic rings. The number of para-hydroxylation sites is 5. The number of aryl methyl sites for hydroxylation is 1. The molecule has 4 aromatic rings. The standard InChI is InChI=1S/C29H25BrN2O5S/c1-2-19-8-7-13-26-29(19)32(23-10-4-6-12-25(23)35-26)28(37-38(33)34)16-17-31-21-9-3-5-11-24(21)36-27-18-20(30)14-15-22(27)31/h3-15,18,28H,2,16-17H2,1H3,(H,33,34). The number of nitrogens with zero attached hydrogens (tertiary/aromatic N) is 2. The molecular weight excluding hydrogens is 568 g/mol. The van der Waals surface area contributed by atoms with Gasteiger partial charge in [-0.1, -0.05) is 59.3 Å². The summed E-state index contributed by atoms with van der Waals surface area (Å²) in [5.74, 6) is 2.83. The summed E-state index contributed by atoms with van der Waals surface area (Å²) in [6.45, 7) is 2.58. The molecule has 0 radical (unpaired) electrons. The molecule has 6 rings (SSSR count). The second kappa shape index (κ2) is 10.4. The van der Waals surface area contributed by atoms with Gasteiger partial charge in [0.05, 0.1) is 22.7 Å². The second-order valence-electron chi connectivity index (χ2n) is 8.95. The van der Waals surface area contributed by atoms with Crippen LogP contribution in [0.1, 0.15) is 18.9 Å². The summed E-state index contributed by atoms with van der Waals surface area (Å²) in [6.07, 6.45) is 0.410. The third-order valence-electron chi connectivity index (χ3n) is 6.72. The maximum absolute atomic E-state index is 12.1. The summed E-state index contributed by atoms with van der Waals surface area (Å²) in [6, 6.07) is 27.4. The highest BCUT2D eigenvalue weighted by Gasteiger charge is 2.34. The number of rotatable bonds is 7. The summed E-state index contributed by atoms with van der Waals surface area (Å²) < 4.78 is 41.1. The van der Waals surface area contributed by atoms with Crippen LogP contribution >= 0.6 is 15.9 Å². The van der Waals surface area contributed by atoms with Crippen LogP contribution in [-0.2, 0) is 22.0 Å². The molecule has 0 amide bonds. The molecule has 0 saturated heterocycles. The molecule has 0 aromatic heterocycles. The van der Waals surface area contributed by atoms with Crippen molar-refractivity contribution in [1.29, 1.82) is 0 Å². The van der Waals surface area contributed by atoms with E-state index in [1.54, 1.807) is 0 Å². The predicted molar refractivity (Wildman–Crippen MR) is 152 cm³/mol. The zero-order valence-electron chi connectivity index (χ0n) is 20.5. The van der Waals surface area contributed by atoms with E-state index in [2.05, 4.69) is 27.8 Å². The SMILES string of the molecule is CCc1cccc2c1N(C(CCN1c3ccccc3Oc3cc(Br)ccc31)OS(=O)O)c1ccccc1O2. The van der Waals surface area contributed by atoms with E-state index >= 15 is 0 Å². The van der Waals surface area contributed by atoms with Gasteiger partial charge in [0.25, 0.3) is 0 Å². The normalized spacial score (nSPS) is 14.8. The molecule has 1 N–H and O–H groups in total. The Hall–Kier alpha value is -3.37. The summed E-state index contributed by atoms with van der Waals surface area (Å²) in [5.41, 5.74) is 4.51. The topological polar surface area (TPSA) is 71.5 Å². The third kappa shape index (κ3) is 4.56. The van der Waals surface area contributed by atoms with E-state index in [0.29, 0.717) is 24.5 Å². The van der Waals surface area contributed by atoms with Crippen molar-refractivity contribution >= 4 is 50.0 Å². The average molecular weight is 593 g/mol. The lowest BCUT2D eigenvalue weighted by atomic mass is 10.0. The van der Waals surface area contributed by atoms with Gasteiger partial charge in [-0.3, -0.25) is 4.55 Å². The lowest BCUT2D eigenvalue weighted by Gasteiger charge is -2.40. The van der Waals surface area contributed by atoms with Crippen molar-refractivity contribution in [3.63, 3.8) is 0 Å². The van der Waals surface area contributed by atoms with Gasteiger partial charge in [0.2, 0.25) is 0 Å². The fourth-order valence-corrected chi connectivity index (χ4v) is 5.80. The molecule has 0 aliphatic carbocycles. The number of hydrogen-bond acceptors (Lipinski definition) is 6. The van der Waals surface area contributed by atoms with Gasteiger partial charge in [-0.2, -0.15) is 4.21 Å². The lowest BCUT2D eigenvalue weighted by molar-refractivity contribution is 0.198. The molecule has 0 saturated carbocycles. The van der Waals surface area contributed by atoms with E-state index < -0.39 is 17.6 Å². The molecule has 2 unspecified atom stereocenters. The van der Waals surface area contributed by atoms with Crippen molar-refractivity contribution < 1.29 is 22.4 Å². The molecular formula is C29H25BrN2O5S. The summed E-state index contributed by atoms with van der Waals surface area (Å²) >= 11 is 1.05. The molecule has 0 bridgehead atoms. The van der Waals surface area contributed by atoms with Crippen LogP contribution in [0.15, 0.2) is 89.4 Å². The van der Waals surface area contributed by atoms with Gasteiger partial charge < -0.3 is 19.3 Å². The molecule has 9 heteroatoms. The highest BCUT2D eigenvalue weighted by Crippen LogP contribution is 2.51. The molecule has 38 heavy (non-hydrogen) atoms. The zero-order chi connectivity index (χ0) is 26.2. The summed E-state index contributed by atoms with van der Waals surface area (Å²) in [7, 11) is 0. The predicted octanol–water partition coefficient (Wildman–Crippen LogP) is 8.07. The van der Waals surface area contributed by atoms with Crippen molar-refractivity contribution in [3.8, 4) is 23.0 Å². The van der Waals surface area contributed by atoms with Crippen LogP contribution in [0.4, 0.5) is 22.7 Å². The Kier molecular flexibility index (Phi) is 6.84. The third-order valence-corrected chi connectivity index (χ3v) is 7.60. The summed E-state index contributed by atoms with van der Waals surface area (Å²) in [5, 5.41) is 0. The monoisotopic (exact) mass is 592 g/mol. The van der Waals surface area contributed by atoms with E-state index in [1.807, 2.05) is 89.8 Å². The number of fused-ring (bicyclic) bond motifs is 4. The molecule has 0 spiro atoms.